The zero-order valence-corrected chi connectivity index (χ0v) is 10.7. The third-order valence-electron chi connectivity index (χ3n) is 1.70. The van der Waals surface area contributed by atoms with Gasteiger partial charge in [-0.05, 0) is 15.9 Å². The molecule has 1 heterocycles. The van der Waals surface area contributed by atoms with E-state index < -0.39 is 0 Å². The van der Waals surface area contributed by atoms with Crippen LogP contribution in [0, 0.1) is 12.3 Å². The number of aromatic nitrogens is 2. The lowest BCUT2D eigenvalue weighted by molar-refractivity contribution is 0.660. The topological polar surface area (TPSA) is 46.9 Å². The number of anilines is 1. The summed E-state index contributed by atoms with van der Waals surface area (Å²) in [5, 5.41) is 7.26. The molecule has 0 unspecified atom stereocenters. The molecule has 6 heteroatoms. The molecule has 0 saturated heterocycles. The molecule has 0 amide bonds. The van der Waals surface area contributed by atoms with Crippen LogP contribution in [0.3, 0.4) is 0 Å². The lowest BCUT2D eigenvalue weighted by atomic mass is 10.4. The van der Waals surface area contributed by atoms with Crippen LogP contribution in [0.15, 0.2) is 27.1 Å². The first kappa shape index (κ1) is 12.8. The second-order valence-electron chi connectivity index (χ2n) is 2.91. The highest BCUT2D eigenvalue weighted by Crippen LogP contribution is 2.16. The Kier molecular flexibility index (Phi) is 4.59. The van der Waals surface area contributed by atoms with E-state index in [2.05, 4.69) is 38.8 Å². The van der Waals surface area contributed by atoms with Gasteiger partial charge in [0.2, 0.25) is 0 Å². The van der Waals surface area contributed by atoms with Crippen molar-refractivity contribution in [1.29, 1.82) is 0 Å². The van der Waals surface area contributed by atoms with Gasteiger partial charge >= 0.3 is 0 Å². The highest BCUT2D eigenvalue weighted by atomic mass is 79.9. The fourth-order valence-corrected chi connectivity index (χ4v) is 1.49. The highest BCUT2D eigenvalue weighted by Gasteiger charge is 2.07. The number of nitrogens with zero attached hydrogens (tertiary/aromatic N) is 2. The second kappa shape index (κ2) is 5.73. The van der Waals surface area contributed by atoms with Crippen molar-refractivity contribution in [3.63, 3.8) is 0 Å². The Labute approximate surface area is 106 Å². The Bertz CT molecular complexity index is 504. The number of hydrogen-bond donors (Lipinski definition) is 1. The maximum absolute atomic E-state index is 11.7. The fourth-order valence-electron chi connectivity index (χ4n) is 0.979. The number of terminal acetylenes is 1. The second-order valence-corrected chi connectivity index (χ2v) is 4.24. The highest BCUT2D eigenvalue weighted by molar-refractivity contribution is 9.10. The minimum Gasteiger partial charge on any atom is -0.378 e. The molecular weight excluding hydrogens is 293 g/mol. The van der Waals surface area contributed by atoms with E-state index >= 15 is 0 Å². The van der Waals surface area contributed by atoms with Crippen LogP contribution in [0.2, 0.25) is 0 Å². The average molecular weight is 303 g/mol. The molecule has 0 bridgehead atoms. The van der Waals surface area contributed by atoms with E-state index in [0.717, 1.165) is 0 Å². The molecule has 0 aliphatic carbocycles. The molecule has 1 N–H and O–H groups in total. The van der Waals surface area contributed by atoms with Crippen LogP contribution >= 0.6 is 27.5 Å². The average Bonchev–Trinajstić information content (AvgIpc) is 2.24. The summed E-state index contributed by atoms with van der Waals surface area (Å²) >= 11 is 8.77. The fraction of sp³-hybridized carbons (Fsp3) is 0.200. The predicted molar refractivity (Wildman–Crippen MR) is 68.5 cm³/mol. The number of nitrogens with one attached hydrogen (secondary N) is 1. The zero-order valence-electron chi connectivity index (χ0n) is 8.33. The van der Waals surface area contributed by atoms with Crippen LogP contribution in [0.4, 0.5) is 5.69 Å². The molecule has 0 radical (unpaired) electrons. The van der Waals surface area contributed by atoms with Crippen LogP contribution in [0.25, 0.3) is 0 Å². The van der Waals surface area contributed by atoms with Gasteiger partial charge in [-0.2, -0.15) is 5.10 Å². The number of halogens is 2. The number of rotatable bonds is 4. The van der Waals surface area contributed by atoms with E-state index in [4.69, 9.17) is 18.0 Å². The van der Waals surface area contributed by atoms with Gasteiger partial charge in [0.1, 0.15) is 11.0 Å². The monoisotopic (exact) mass is 301 g/mol. The lowest BCUT2D eigenvalue weighted by Gasteiger charge is -2.08. The molecule has 4 nitrogen and oxygen atoms in total. The van der Waals surface area contributed by atoms with Crippen LogP contribution in [0.1, 0.15) is 0 Å². The van der Waals surface area contributed by atoms with Crippen molar-refractivity contribution in [2.45, 2.75) is 6.54 Å². The molecule has 1 rings (SSSR count). The van der Waals surface area contributed by atoms with Crippen molar-refractivity contribution >= 4 is 33.2 Å². The van der Waals surface area contributed by atoms with Gasteiger partial charge in [-0.15, -0.1) is 6.42 Å². The summed E-state index contributed by atoms with van der Waals surface area (Å²) in [5.74, 6) is 2.35. The summed E-state index contributed by atoms with van der Waals surface area (Å²) in [6.07, 6.45) is 6.61. The molecule has 0 saturated carbocycles. The van der Waals surface area contributed by atoms with E-state index in [0.29, 0.717) is 21.7 Å². The van der Waals surface area contributed by atoms with Crippen LogP contribution < -0.4 is 10.9 Å². The first-order valence-corrected chi connectivity index (χ1v) is 5.49. The summed E-state index contributed by atoms with van der Waals surface area (Å²) < 4.78 is 1.56. The largest absolute Gasteiger partial charge is 0.378 e. The summed E-state index contributed by atoms with van der Waals surface area (Å²) in [4.78, 5) is 11.7. The number of hydrogen-bond acceptors (Lipinski definition) is 3. The first-order valence-electron chi connectivity index (χ1n) is 4.32. The Morgan fingerprint density at radius 1 is 1.81 bits per heavy atom. The van der Waals surface area contributed by atoms with Gasteiger partial charge in [0.25, 0.3) is 5.56 Å². The molecular formula is C10H9BrClN3O. The van der Waals surface area contributed by atoms with Gasteiger partial charge < -0.3 is 5.32 Å². The smallest absolute Gasteiger partial charge is 0.284 e. The van der Waals surface area contributed by atoms with E-state index in [1.807, 2.05) is 0 Å². The Hall–Kier alpha value is -1.25. The van der Waals surface area contributed by atoms with Crippen molar-refractivity contribution in [1.82, 2.24) is 9.78 Å². The van der Waals surface area contributed by atoms with Gasteiger partial charge in [-0.25, -0.2) is 4.68 Å². The minimum absolute atomic E-state index is 0.139. The standard InChI is InChI=1S/C10H9BrClN3O/c1-3-4-15-10(16)9(11)8(6-14-15)13-5-7(2)12/h1,6,13H,2,4-5H2. The van der Waals surface area contributed by atoms with Crippen molar-refractivity contribution in [2.75, 3.05) is 11.9 Å². The Balaban J connectivity index is 2.99. The molecule has 0 aromatic carbocycles. The summed E-state index contributed by atoms with van der Waals surface area (Å²) in [6, 6.07) is 0. The van der Waals surface area contributed by atoms with E-state index in [1.165, 1.54) is 10.9 Å². The third-order valence-corrected chi connectivity index (χ3v) is 2.60. The molecule has 0 fully saturated rings. The molecule has 16 heavy (non-hydrogen) atoms. The van der Waals surface area contributed by atoms with Crippen LogP contribution in [-0.4, -0.2) is 16.3 Å². The maximum Gasteiger partial charge on any atom is 0.284 e. The molecule has 0 aliphatic rings. The lowest BCUT2D eigenvalue weighted by Crippen LogP contribution is -2.24. The van der Waals surface area contributed by atoms with Gasteiger partial charge in [0, 0.05) is 5.03 Å². The SMILES string of the molecule is C#CCn1ncc(NCC(=C)Cl)c(Br)c1=O. The van der Waals surface area contributed by atoms with E-state index in [9.17, 15) is 4.79 Å². The maximum atomic E-state index is 11.7. The summed E-state index contributed by atoms with van der Waals surface area (Å²) in [5.41, 5.74) is 0.267. The van der Waals surface area contributed by atoms with Gasteiger partial charge in [0.05, 0.1) is 18.4 Å². The van der Waals surface area contributed by atoms with Crippen molar-refractivity contribution < 1.29 is 0 Å². The Morgan fingerprint density at radius 2 is 2.50 bits per heavy atom. The predicted octanol–water partition coefficient (Wildman–Crippen LogP) is 1.80. The first-order chi connectivity index (χ1) is 7.56. The molecule has 1 aromatic rings. The van der Waals surface area contributed by atoms with Gasteiger partial charge in [-0.1, -0.05) is 24.1 Å². The molecule has 0 aliphatic heterocycles. The molecule has 1 aromatic heterocycles. The minimum atomic E-state index is -0.289. The molecule has 0 spiro atoms. The van der Waals surface area contributed by atoms with E-state index in [1.54, 1.807) is 0 Å². The van der Waals surface area contributed by atoms with Crippen molar-refractivity contribution in [3.8, 4) is 12.3 Å². The van der Waals surface area contributed by atoms with Crippen LogP contribution in [0.5, 0.6) is 0 Å². The third kappa shape index (κ3) is 3.12. The zero-order chi connectivity index (χ0) is 12.1. The van der Waals surface area contributed by atoms with Gasteiger partial charge in [0.15, 0.2) is 0 Å². The quantitative estimate of drug-likeness (QED) is 0.863. The van der Waals surface area contributed by atoms with Crippen LogP contribution in [-0.2, 0) is 6.54 Å². The summed E-state index contributed by atoms with van der Waals surface area (Å²) in [6.45, 7) is 4.03. The van der Waals surface area contributed by atoms with Crippen molar-refractivity contribution in [2.24, 2.45) is 0 Å². The molecule has 0 atom stereocenters. The van der Waals surface area contributed by atoms with E-state index in [-0.39, 0.29) is 12.1 Å². The Morgan fingerprint density at radius 3 is 3.06 bits per heavy atom. The summed E-state index contributed by atoms with van der Waals surface area (Å²) in [7, 11) is 0. The molecule has 84 valence electrons. The van der Waals surface area contributed by atoms with Gasteiger partial charge in [-0.3, -0.25) is 4.79 Å². The van der Waals surface area contributed by atoms with Crippen molar-refractivity contribution in [3.05, 3.63) is 32.6 Å². The normalized spacial score (nSPS) is 9.56.